The second-order valence-electron chi connectivity index (χ2n) is 4.61. The number of carboxylic acid groups (broad SMARTS) is 1. The average molecular weight is 243 g/mol. The molecule has 94 valence electrons. The molecule has 1 atom stereocenters. The molecule has 0 aliphatic heterocycles. The van der Waals surface area contributed by atoms with Crippen LogP contribution in [0.4, 0.5) is 5.69 Å². The van der Waals surface area contributed by atoms with Crippen LogP contribution in [0.3, 0.4) is 0 Å². The Morgan fingerprint density at radius 2 is 1.94 bits per heavy atom. The van der Waals surface area contributed by atoms with Gasteiger partial charge in [0.1, 0.15) is 0 Å². The monoisotopic (exact) mass is 243 g/mol. The van der Waals surface area contributed by atoms with E-state index < -0.39 is 5.97 Å². The van der Waals surface area contributed by atoms with Crippen LogP contribution in [-0.4, -0.2) is 17.6 Å². The van der Waals surface area contributed by atoms with Crippen LogP contribution in [-0.2, 0) is 4.79 Å². The lowest BCUT2D eigenvalue weighted by atomic mass is 10.1. The minimum Gasteiger partial charge on any atom is -0.481 e. The topological polar surface area (TPSA) is 49.3 Å². The highest BCUT2D eigenvalue weighted by Gasteiger charge is 2.07. The number of aliphatic carboxylic acids is 1. The van der Waals surface area contributed by atoms with Crippen LogP contribution >= 0.6 is 0 Å². The predicted octanol–water partition coefficient (Wildman–Crippen LogP) is 3.36. The van der Waals surface area contributed by atoms with Crippen molar-refractivity contribution in [3.05, 3.63) is 42.5 Å². The Hall–Kier alpha value is -2.03. The van der Waals surface area contributed by atoms with E-state index in [0.717, 1.165) is 5.69 Å². The third kappa shape index (κ3) is 3.00. The summed E-state index contributed by atoms with van der Waals surface area (Å²) >= 11 is 0. The van der Waals surface area contributed by atoms with Crippen molar-refractivity contribution >= 4 is 22.4 Å². The number of fused-ring (bicyclic) bond motifs is 1. The molecule has 0 aromatic heterocycles. The number of anilines is 1. The first kappa shape index (κ1) is 12.4. The number of rotatable bonds is 5. The van der Waals surface area contributed by atoms with Crippen LogP contribution in [0.2, 0.25) is 0 Å². The van der Waals surface area contributed by atoms with E-state index in [-0.39, 0.29) is 12.3 Å². The smallest absolute Gasteiger partial charge is 0.303 e. The maximum Gasteiger partial charge on any atom is 0.303 e. The van der Waals surface area contributed by atoms with Gasteiger partial charge in [-0.3, -0.25) is 4.79 Å². The number of carboxylic acids is 1. The second-order valence-corrected chi connectivity index (χ2v) is 4.61. The molecular formula is C15H17NO2. The minimum atomic E-state index is -0.748. The van der Waals surface area contributed by atoms with Crippen molar-refractivity contribution in [3.63, 3.8) is 0 Å². The Balaban J connectivity index is 2.10. The number of hydrogen-bond donors (Lipinski definition) is 2. The van der Waals surface area contributed by atoms with E-state index in [9.17, 15) is 4.79 Å². The zero-order valence-electron chi connectivity index (χ0n) is 10.4. The summed E-state index contributed by atoms with van der Waals surface area (Å²) in [5, 5.41) is 14.4. The van der Waals surface area contributed by atoms with E-state index in [0.29, 0.717) is 6.54 Å². The Labute approximate surface area is 106 Å². The summed E-state index contributed by atoms with van der Waals surface area (Å²) in [6.07, 6.45) is 0.192. The Bertz CT molecular complexity index is 546. The van der Waals surface area contributed by atoms with Crippen LogP contribution in [0.1, 0.15) is 13.3 Å². The van der Waals surface area contributed by atoms with Gasteiger partial charge in [-0.15, -0.1) is 0 Å². The molecule has 2 aromatic rings. The van der Waals surface area contributed by atoms with E-state index >= 15 is 0 Å². The third-order valence-corrected chi connectivity index (χ3v) is 2.95. The van der Waals surface area contributed by atoms with Crippen molar-refractivity contribution in [2.45, 2.75) is 13.3 Å². The molecule has 3 nitrogen and oxygen atoms in total. The first-order chi connectivity index (χ1) is 8.66. The van der Waals surface area contributed by atoms with Gasteiger partial charge >= 0.3 is 5.97 Å². The number of nitrogens with one attached hydrogen (secondary N) is 1. The first-order valence-corrected chi connectivity index (χ1v) is 6.10. The molecule has 0 fully saturated rings. The summed E-state index contributed by atoms with van der Waals surface area (Å²) in [5.74, 6) is -0.635. The molecule has 0 saturated heterocycles. The molecular weight excluding hydrogens is 226 g/mol. The van der Waals surface area contributed by atoms with Crippen LogP contribution in [0.15, 0.2) is 42.5 Å². The minimum absolute atomic E-state index is 0.112. The molecule has 2 rings (SSSR count). The fourth-order valence-electron chi connectivity index (χ4n) is 2.03. The van der Waals surface area contributed by atoms with Gasteiger partial charge in [-0.05, 0) is 17.4 Å². The van der Waals surface area contributed by atoms with Gasteiger partial charge in [0.25, 0.3) is 0 Å². The molecule has 3 heteroatoms. The van der Waals surface area contributed by atoms with Crippen LogP contribution in [0.5, 0.6) is 0 Å². The molecule has 0 radical (unpaired) electrons. The molecule has 0 saturated carbocycles. The van der Waals surface area contributed by atoms with E-state index in [4.69, 9.17) is 5.11 Å². The van der Waals surface area contributed by atoms with E-state index in [1.54, 1.807) is 0 Å². The Morgan fingerprint density at radius 1 is 1.22 bits per heavy atom. The van der Waals surface area contributed by atoms with Crippen LogP contribution in [0, 0.1) is 5.92 Å². The van der Waals surface area contributed by atoms with Crippen molar-refractivity contribution in [1.82, 2.24) is 0 Å². The first-order valence-electron chi connectivity index (χ1n) is 6.10. The quantitative estimate of drug-likeness (QED) is 0.846. The van der Waals surface area contributed by atoms with Gasteiger partial charge in [-0.1, -0.05) is 43.3 Å². The second kappa shape index (κ2) is 5.54. The molecule has 0 aliphatic rings. The number of carbonyl (C=O) groups is 1. The lowest BCUT2D eigenvalue weighted by molar-refractivity contribution is -0.137. The molecule has 18 heavy (non-hydrogen) atoms. The zero-order valence-corrected chi connectivity index (χ0v) is 10.4. The summed E-state index contributed by atoms with van der Waals surface area (Å²) in [6.45, 7) is 2.60. The fourth-order valence-corrected chi connectivity index (χ4v) is 2.03. The van der Waals surface area contributed by atoms with E-state index in [2.05, 4.69) is 23.5 Å². The number of benzene rings is 2. The van der Waals surface area contributed by atoms with E-state index in [1.165, 1.54) is 10.8 Å². The zero-order chi connectivity index (χ0) is 13.0. The maximum absolute atomic E-state index is 10.6. The molecule has 0 amide bonds. The van der Waals surface area contributed by atoms with Gasteiger partial charge in [0.05, 0.1) is 0 Å². The molecule has 0 spiro atoms. The predicted molar refractivity (Wildman–Crippen MR) is 73.9 cm³/mol. The fraction of sp³-hybridized carbons (Fsp3) is 0.267. The lowest BCUT2D eigenvalue weighted by Crippen LogP contribution is -2.15. The normalized spacial score (nSPS) is 12.3. The molecule has 0 heterocycles. The van der Waals surface area contributed by atoms with Gasteiger partial charge in [0, 0.05) is 24.0 Å². The van der Waals surface area contributed by atoms with Crippen LogP contribution < -0.4 is 5.32 Å². The standard InChI is InChI=1S/C15H17NO2/c1-11(9-15(17)18)10-16-14-8-4-6-12-5-2-3-7-13(12)14/h2-8,11,16H,9-10H2,1H3,(H,17,18). The van der Waals surface area contributed by atoms with Crippen molar-refractivity contribution in [2.24, 2.45) is 5.92 Å². The van der Waals surface area contributed by atoms with Gasteiger partial charge in [0.2, 0.25) is 0 Å². The van der Waals surface area contributed by atoms with Crippen molar-refractivity contribution < 1.29 is 9.90 Å². The third-order valence-electron chi connectivity index (χ3n) is 2.95. The lowest BCUT2D eigenvalue weighted by Gasteiger charge is -2.13. The van der Waals surface area contributed by atoms with Gasteiger partial charge in [-0.25, -0.2) is 0 Å². The number of hydrogen-bond acceptors (Lipinski definition) is 2. The van der Waals surface area contributed by atoms with Gasteiger partial charge in [-0.2, -0.15) is 0 Å². The molecule has 0 bridgehead atoms. The SMILES string of the molecule is CC(CNc1cccc2ccccc12)CC(=O)O. The highest BCUT2D eigenvalue weighted by Crippen LogP contribution is 2.23. The summed E-state index contributed by atoms with van der Waals surface area (Å²) in [4.78, 5) is 10.6. The molecule has 2 N–H and O–H groups in total. The van der Waals surface area contributed by atoms with Crippen molar-refractivity contribution in [1.29, 1.82) is 0 Å². The van der Waals surface area contributed by atoms with Crippen molar-refractivity contribution in [2.75, 3.05) is 11.9 Å². The Morgan fingerprint density at radius 3 is 2.72 bits per heavy atom. The summed E-state index contributed by atoms with van der Waals surface area (Å²) in [6, 6.07) is 14.3. The average Bonchev–Trinajstić information content (AvgIpc) is 2.35. The highest BCUT2D eigenvalue weighted by atomic mass is 16.4. The van der Waals surface area contributed by atoms with Gasteiger partial charge in [0.15, 0.2) is 0 Å². The summed E-state index contributed by atoms with van der Waals surface area (Å²) in [5.41, 5.74) is 1.06. The Kier molecular flexibility index (Phi) is 3.82. The van der Waals surface area contributed by atoms with Crippen LogP contribution in [0.25, 0.3) is 10.8 Å². The molecule has 2 aromatic carbocycles. The summed E-state index contributed by atoms with van der Waals surface area (Å²) in [7, 11) is 0. The van der Waals surface area contributed by atoms with Crippen molar-refractivity contribution in [3.8, 4) is 0 Å². The summed E-state index contributed by atoms with van der Waals surface area (Å²) < 4.78 is 0. The van der Waals surface area contributed by atoms with Gasteiger partial charge < -0.3 is 10.4 Å². The largest absolute Gasteiger partial charge is 0.481 e. The highest BCUT2D eigenvalue weighted by molar-refractivity contribution is 5.93. The van der Waals surface area contributed by atoms with E-state index in [1.807, 2.05) is 31.2 Å². The molecule has 0 aliphatic carbocycles. The maximum atomic E-state index is 10.6. The molecule has 1 unspecified atom stereocenters.